The number of hydrogen-bond donors (Lipinski definition) is 0. The number of thioether (sulfide) groups is 1. The second-order valence-electron chi connectivity index (χ2n) is 6.23. The summed E-state index contributed by atoms with van der Waals surface area (Å²) in [7, 11) is 1.72. The van der Waals surface area contributed by atoms with E-state index in [9.17, 15) is 0 Å². The Balaban J connectivity index is 1.79. The molecule has 0 saturated carbocycles. The highest BCUT2D eigenvalue weighted by molar-refractivity contribution is 14.1. The Morgan fingerprint density at radius 3 is 2.88 bits per heavy atom. The van der Waals surface area contributed by atoms with Crippen molar-refractivity contribution in [2.75, 3.05) is 12.9 Å². The SMILES string of the molecule is CC[C@@H]1CSC2=N[C@H](c3ccccn3)[C@@H](c3ccc(OC)c(I)c3)N21. The monoisotopic (exact) mass is 465 g/mol. The summed E-state index contributed by atoms with van der Waals surface area (Å²) in [5.74, 6) is 2.04. The first-order chi connectivity index (χ1) is 12.2. The molecule has 2 aliphatic heterocycles. The molecule has 1 aromatic heterocycles. The zero-order valence-electron chi connectivity index (χ0n) is 14.2. The number of pyridine rings is 1. The number of rotatable bonds is 4. The van der Waals surface area contributed by atoms with E-state index in [4.69, 9.17) is 9.73 Å². The summed E-state index contributed by atoms with van der Waals surface area (Å²) in [5, 5.41) is 1.17. The molecule has 0 N–H and O–H groups in total. The van der Waals surface area contributed by atoms with E-state index in [1.54, 1.807) is 7.11 Å². The molecule has 25 heavy (non-hydrogen) atoms. The molecule has 2 aliphatic rings. The van der Waals surface area contributed by atoms with Gasteiger partial charge in [-0.25, -0.2) is 0 Å². The number of hydrogen-bond acceptors (Lipinski definition) is 5. The zero-order chi connectivity index (χ0) is 17.4. The lowest BCUT2D eigenvalue weighted by molar-refractivity contribution is 0.255. The Labute approximate surface area is 166 Å². The first-order valence-corrected chi connectivity index (χ1v) is 10.5. The van der Waals surface area contributed by atoms with Crippen molar-refractivity contribution < 1.29 is 4.74 Å². The lowest BCUT2D eigenvalue weighted by atomic mass is 9.95. The summed E-state index contributed by atoms with van der Waals surface area (Å²) < 4.78 is 6.57. The average molecular weight is 465 g/mol. The number of benzene rings is 1. The van der Waals surface area contributed by atoms with Gasteiger partial charge < -0.3 is 9.64 Å². The van der Waals surface area contributed by atoms with E-state index < -0.39 is 0 Å². The zero-order valence-corrected chi connectivity index (χ0v) is 17.2. The number of amidine groups is 1. The molecule has 0 unspecified atom stereocenters. The van der Waals surface area contributed by atoms with Crippen LogP contribution in [0.3, 0.4) is 0 Å². The van der Waals surface area contributed by atoms with Crippen LogP contribution < -0.4 is 4.74 Å². The first-order valence-electron chi connectivity index (χ1n) is 8.46. The van der Waals surface area contributed by atoms with Gasteiger partial charge in [-0.05, 0) is 58.8 Å². The maximum atomic E-state index is 5.44. The van der Waals surface area contributed by atoms with E-state index in [0.717, 1.165) is 27.2 Å². The molecule has 0 amide bonds. The van der Waals surface area contributed by atoms with Crippen LogP contribution in [0.5, 0.6) is 5.75 Å². The molecule has 1 aromatic carbocycles. The summed E-state index contributed by atoms with van der Waals surface area (Å²) in [5.41, 5.74) is 2.32. The van der Waals surface area contributed by atoms with E-state index in [1.165, 1.54) is 10.7 Å². The van der Waals surface area contributed by atoms with Crippen LogP contribution in [0.25, 0.3) is 0 Å². The molecule has 1 saturated heterocycles. The van der Waals surface area contributed by atoms with E-state index in [1.807, 2.05) is 30.1 Å². The summed E-state index contributed by atoms with van der Waals surface area (Å²) in [6.07, 6.45) is 2.99. The van der Waals surface area contributed by atoms with Crippen LogP contribution in [0, 0.1) is 3.57 Å². The van der Waals surface area contributed by atoms with Crippen molar-refractivity contribution in [2.24, 2.45) is 4.99 Å². The van der Waals surface area contributed by atoms with Crippen LogP contribution in [-0.4, -0.2) is 34.0 Å². The Morgan fingerprint density at radius 1 is 1.32 bits per heavy atom. The van der Waals surface area contributed by atoms with Gasteiger partial charge in [0.05, 0.1) is 22.4 Å². The molecule has 3 atom stereocenters. The van der Waals surface area contributed by atoms with Crippen molar-refractivity contribution >= 4 is 39.5 Å². The molecule has 4 nitrogen and oxygen atoms in total. The van der Waals surface area contributed by atoms with Crippen LogP contribution in [-0.2, 0) is 0 Å². The molecule has 1 fully saturated rings. The second-order valence-corrected chi connectivity index (χ2v) is 8.38. The number of fused-ring (bicyclic) bond motifs is 1. The Morgan fingerprint density at radius 2 is 2.20 bits per heavy atom. The molecule has 130 valence electrons. The maximum Gasteiger partial charge on any atom is 0.160 e. The lowest BCUT2D eigenvalue weighted by Crippen LogP contribution is -2.35. The van der Waals surface area contributed by atoms with Gasteiger partial charge in [0.1, 0.15) is 11.8 Å². The Bertz CT molecular complexity index is 799. The minimum atomic E-state index is 0.0437. The summed E-state index contributed by atoms with van der Waals surface area (Å²) >= 11 is 4.22. The predicted octanol–water partition coefficient (Wildman–Crippen LogP) is 4.67. The quantitative estimate of drug-likeness (QED) is 0.615. The van der Waals surface area contributed by atoms with Gasteiger partial charge in [0.25, 0.3) is 0 Å². The molecule has 4 rings (SSSR count). The third-order valence-corrected chi connectivity index (χ3v) is 6.82. The van der Waals surface area contributed by atoms with Gasteiger partial charge in [0.15, 0.2) is 5.17 Å². The van der Waals surface area contributed by atoms with Gasteiger partial charge in [-0.2, -0.15) is 0 Å². The van der Waals surface area contributed by atoms with E-state index in [2.05, 4.69) is 63.7 Å². The van der Waals surface area contributed by atoms with Gasteiger partial charge in [0.2, 0.25) is 0 Å². The van der Waals surface area contributed by atoms with E-state index in [0.29, 0.717) is 6.04 Å². The van der Waals surface area contributed by atoms with E-state index >= 15 is 0 Å². The third kappa shape index (κ3) is 3.03. The highest BCUT2D eigenvalue weighted by Gasteiger charge is 2.45. The highest BCUT2D eigenvalue weighted by atomic mass is 127. The number of halogens is 1. The van der Waals surface area contributed by atoms with Crippen molar-refractivity contribution in [3.63, 3.8) is 0 Å². The maximum absolute atomic E-state index is 5.44. The normalized spacial score (nSPS) is 25.0. The average Bonchev–Trinajstić information content (AvgIpc) is 3.21. The number of ether oxygens (including phenoxy) is 1. The largest absolute Gasteiger partial charge is 0.496 e. The molecular weight excluding hydrogens is 445 g/mol. The molecule has 3 heterocycles. The lowest BCUT2D eigenvalue weighted by Gasteiger charge is -2.32. The van der Waals surface area contributed by atoms with Crippen molar-refractivity contribution in [1.82, 2.24) is 9.88 Å². The molecule has 0 radical (unpaired) electrons. The molecule has 0 spiro atoms. The van der Waals surface area contributed by atoms with Gasteiger partial charge in [-0.1, -0.05) is 30.8 Å². The van der Waals surface area contributed by atoms with Crippen molar-refractivity contribution in [1.29, 1.82) is 0 Å². The number of aliphatic imine (C=N–C) groups is 1. The van der Waals surface area contributed by atoms with Crippen LogP contribution in [0.1, 0.15) is 36.7 Å². The fourth-order valence-corrected chi connectivity index (χ4v) is 5.67. The van der Waals surface area contributed by atoms with Crippen LogP contribution in [0.2, 0.25) is 0 Å². The number of methoxy groups -OCH3 is 1. The Kier molecular flexibility index (Phi) is 4.90. The molecular formula is C19H20IN3OS. The fourth-order valence-electron chi connectivity index (χ4n) is 3.58. The van der Waals surface area contributed by atoms with Crippen LogP contribution >= 0.6 is 34.4 Å². The standard InChI is InChI=1S/C19H20IN3OS/c1-3-13-11-25-19-22-17(15-6-4-5-9-21-15)18(23(13)19)12-7-8-16(24-2)14(20)10-12/h4-10,13,17-18H,3,11H2,1-2H3/t13-,17-,18-/m1/s1. The van der Waals surface area contributed by atoms with Crippen LogP contribution in [0.15, 0.2) is 47.6 Å². The summed E-state index contributed by atoms with van der Waals surface area (Å²) in [6.45, 7) is 2.26. The minimum absolute atomic E-state index is 0.0437. The fraction of sp³-hybridized carbons (Fsp3) is 0.368. The topological polar surface area (TPSA) is 37.7 Å². The smallest absolute Gasteiger partial charge is 0.160 e. The summed E-state index contributed by atoms with van der Waals surface area (Å²) in [6, 6.07) is 13.3. The van der Waals surface area contributed by atoms with Crippen molar-refractivity contribution in [3.05, 3.63) is 57.4 Å². The first kappa shape index (κ1) is 17.1. The Hall–Kier alpha value is -1.28. The van der Waals surface area contributed by atoms with Gasteiger partial charge >= 0.3 is 0 Å². The highest BCUT2D eigenvalue weighted by Crippen LogP contribution is 2.48. The molecule has 0 bridgehead atoms. The number of aromatic nitrogens is 1. The molecule has 0 aliphatic carbocycles. The van der Waals surface area contributed by atoms with Crippen molar-refractivity contribution in [2.45, 2.75) is 31.5 Å². The summed E-state index contributed by atoms with van der Waals surface area (Å²) in [4.78, 5) is 12.2. The third-order valence-electron chi connectivity index (χ3n) is 4.85. The van der Waals surface area contributed by atoms with E-state index in [-0.39, 0.29) is 12.1 Å². The van der Waals surface area contributed by atoms with Gasteiger partial charge in [-0.3, -0.25) is 9.98 Å². The van der Waals surface area contributed by atoms with Gasteiger partial charge in [0, 0.05) is 18.0 Å². The predicted molar refractivity (Wildman–Crippen MR) is 111 cm³/mol. The second kappa shape index (κ2) is 7.15. The minimum Gasteiger partial charge on any atom is -0.496 e. The molecule has 2 aromatic rings. The van der Waals surface area contributed by atoms with Crippen molar-refractivity contribution in [3.8, 4) is 5.75 Å². The number of nitrogens with zero attached hydrogens (tertiary/aromatic N) is 3. The van der Waals surface area contributed by atoms with Crippen LogP contribution in [0.4, 0.5) is 0 Å². The molecule has 6 heteroatoms. The van der Waals surface area contributed by atoms with Gasteiger partial charge in [-0.15, -0.1) is 0 Å².